The molecule has 0 spiro atoms. The molecule has 79 valence electrons. The maximum atomic E-state index is 8.86. The first-order valence-corrected chi connectivity index (χ1v) is 10.8. The van der Waals surface area contributed by atoms with Crippen LogP contribution in [0.5, 0.6) is 0 Å². The van der Waals surface area contributed by atoms with Gasteiger partial charge in [0.25, 0.3) is 0 Å². The normalized spacial score (nSPS) is 10.1. The fourth-order valence-electron chi connectivity index (χ4n) is 0.431. The van der Waals surface area contributed by atoms with Gasteiger partial charge in [-0.15, -0.1) is 0 Å². The van der Waals surface area contributed by atoms with Crippen LogP contribution in [0.2, 0.25) is 0 Å². The molecule has 0 unspecified atom stereocenters. The van der Waals surface area contributed by atoms with Gasteiger partial charge in [-0.2, -0.15) is 13.8 Å². The Labute approximate surface area is 106 Å². The first-order valence-electron chi connectivity index (χ1n) is 4.13. The van der Waals surface area contributed by atoms with Crippen molar-refractivity contribution < 1.29 is 42.5 Å². The Morgan fingerprint density at radius 2 is 1.69 bits per heavy atom. The summed E-state index contributed by atoms with van der Waals surface area (Å²) in [5, 5.41) is 8.86. The van der Waals surface area contributed by atoms with Gasteiger partial charge in [0.1, 0.15) is 0 Å². The molecular weight excluding hydrogens is 390 g/mol. The Balaban J connectivity index is -0.000000220. The van der Waals surface area contributed by atoms with Crippen molar-refractivity contribution in [3.8, 4) is 0 Å². The van der Waals surface area contributed by atoms with E-state index in [2.05, 4.69) is 13.3 Å². The van der Waals surface area contributed by atoms with E-state index in [1.807, 2.05) is 20.3 Å². The van der Waals surface area contributed by atoms with Gasteiger partial charge in [-0.05, 0) is 0 Å². The molecule has 0 atom stereocenters. The zero-order chi connectivity index (χ0) is 10.2. The van der Waals surface area contributed by atoms with Crippen LogP contribution in [-0.2, 0) is 37.4 Å². The van der Waals surface area contributed by atoms with Gasteiger partial charge in [-0.25, -0.2) is 0 Å². The van der Waals surface area contributed by atoms with Gasteiger partial charge in [0.05, 0.1) is 0 Å². The molecule has 13 heavy (non-hydrogen) atoms. The molecule has 0 aromatic rings. The quantitative estimate of drug-likeness (QED) is 0.559. The van der Waals surface area contributed by atoms with Crippen LogP contribution >= 0.6 is 4.90 Å². The molecule has 0 saturated carbocycles. The number of aliphatic hydroxyl groups excluding tert-OH is 1. The SMILES string of the molecule is C[C-](O)CC[P](C)(C)=[W].C[CH-]C.[V+2]. The Bertz CT molecular complexity index is 134. The number of aliphatic hydroxyl groups is 1. The summed E-state index contributed by atoms with van der Waals surface area (Å²) in [4.78, 5) is -0.567. The van der Waals surface area contributed by atoms with E-state index in [1.165, 1.54) is 6.16 Å². The van der Waals surface area contributed by atoms with Gasteiger partial charge in [0.15, 0.2) is 0 Å². The monoisotopic (exact) mass is 411 g/mol. The maximum Gasteiger partial charge on any atom is 2.00 e. The van der Waals surface area contributed by atoms with E-state index < -0.39 is 4.90 Å². The Hall–Kier alpha value is 1.66. The first-order chi connectivity index (χ1) is 5.33. The predicted octanol–water partition coefficient (Wildman–Crippen LogP) is 3.27. The average molecular weight is 411 g/mol. The van der Waals surface area contributed by atoms with Crippen LogP contribution < -0.4 is 0 Å². The van der Waals surface area contributed by atoms with Gasteiger partial charge in [-0.1, -0.05) is 0 Å². The standard InChI is InChI=1S/C6H14OP.C3H7.V.W/c1-6(7)4-5-8(2)3;1-3-2;;/h7H,4-5H2,1-3H3;3H,1-2H3;;/q2*-1;+2;. The summed E-state index contributed by atoms with van der Waals surface area (Å²) in [7, 11) is 0. The Morgan fingerprint density at radius 3 is 1.77 bits per heavy atom. The van der Waals surface area contributed by atoms with Crippen molar-refractivity contribution in [3.63, 3.8) is 0 Å². The van der Waals surface area contributed by atoms with Crippen LogP contribution in [0.15, 0.2) is 0 Å². The Morgan fingerprint density at radius 1 is 1.38 bits per heavy atom. The maximum absolute atomic E-state index is 8.86. The smallest absolute Gasteiger partial charge is 0.335 e. The minimum Gasteiger partial charge on any atom is -0.335 e. The minimum absolute atomic E-state index is 0. The van der Waals surface area contributed by atoms with Gasteiger partial charge < -0.3 is 6.42 Å². The summed E-state index contributed by atoms with van der Waals surface area (Å²) in [5.41, 5.74) is 0. The first kappa shape index (κ1) is 20.1. The molecule has 4 heteroatoms. The Kier molecular flexibility index (Phi) is 18.2. The van der Waals surface area contributed by atoms with E-state index in [9.17, 15) is 0 Å². The second-order valence-corrected chi connectivity index (χ2v) is 17.6. The van der Waals surface area contributed by atoms with Crippen LogP contribution in [0.4, 0.5) is 0 Å². The second-order valence-electron chi connectivity index (χ2n) is 3.36. The molecule has 0 heterocycles. The molecule has 0 aromatic carbocycles. The summed E-state index contributed by atoms with van der Waals surface area (Å²) in [6, 6.07) is 0. The zero-order valence-corrected chi connectivity index (χ0v) is 14.5. The van der Waals surface area contributed by atoms with Crippen molar-refractivity contribution in [2.75, 3.05) is 19.5 Å². The molecule has 0 bridgehead atoms. The summed E-state index contributed by atoms with van der Waals surface area (Å²) < 4.78 is 0. The summed E-state index contributed by atoms with van der Waals surface area (Å²) >= 11 is 1.71. The van der Waals surface area contributed by atoms with Gasteiger partial charge in [0.2, 0.25) is 0 Å². The van der Waals surface area contributed by atoms with E-state index >= 15 is 0 Å². The van der Waals surface area contributed by atoms with Crippen LogP contribution in [-0.4, -0.2) is 24.6 Å². The molecule has 0 aliphatic carbocycles. The third-order valence-corrected chi connectivity index (χ3v) is 4.28. The molecular formula is C9H21OPVW. The third kappa shape index (κ3) is 31.6. The molecule has 1 N–H and O–H groups in total. The fraction of sp³-hybridized carbons (Fsp3) is 0.778. The van der Waals surface area contributed by atoms with Gasteiger partial charge in [0, 0.05) is 0 Å². The van der Waals surface area contributed by atoms with Gasteiger partial charge in [-0.3, -0.25) is 0 Å². The summed E-state index contributed by atoms with van der Waals surface area (Å²) in [5.74, 6) is 0. The molecule has 0 saturated heterocycles. The van der Waals surface area contributed by atoms with Crippen molar-refractivity contribution in [2.45, 2.75) is 27.2 Å². The average Bonchev–Trinajstić information content (AvgIpc) is 1.84. The second kappa shape index (κ2) is 11.7. The molecule has 0 fully saturated rings. The molecule has 0 aliphatic rings. The van der Waals surface area contributed by atoms with Crippen molar-refractivity contribution in [1.82, 2.24) is 0 Å². The van der Waals surface area contributed by atoms with Crippen LogP contribution in [0.1, 0.15) is 27.2 Å². The minimum atomic E-state index is -0.567. The zero-order valence-electron chi connectivity index (χ0n) is 9.24. The fourth-order valence-corrected chi connectivity index (χ4v) is 2.28. The number of hydrogen-bond acceptors (Lipinski definition) is 1. The number of rotatable bonds is 3. The van der Waals surface area contributed by atoms with Crippen molar-refractivity contribution in [3.05, 3.63) is 12.5 Å². The van der Waals surface area contributed by atoms with E-state index in [4.69, 9.17) is 5.11 Å². The molecule has 0 amide bonds. The largest absolute Gasteiger partial charge is 2.00 e. The number of hydrogen-bond donors (Lipinski definition) is 1. The van der Waals surface area contributed by atoms with Crippen LogP contribution in [0.3, 0.4) is 0 Å². The summed E-state index contributed by atoms with van der Waals surface area (Å²) in [6.45, 7) is 10.4. The van der Waals surface area contributed by atoms with E-state index in [-0.39, 0.29) is 18.6 Å². The van der Waals surface area contributed by atoms with E-state index in [1.54, 1.807) is 25.7 Å². The van der Waals surface area contributed by atoms with E-state index in [0.29, 0.717) is 6.10 Å². The van der Waals surface area contributed by atoms with Crippen molar-refractivity contribution in [2.24, 2.45) is 0 Å². The van der Waals surface area contributed by atoms with Crippen LogP contribution in [0, 0.1) is 12.5 Å². The van der Waals surface area contributed by atoms with Crippen LogP contribution in [0.25, 0.3) is 0 Å². The van der Waals surface area contributed by atoms with Crippen molar-refractivity contribution >= 4 is 4.90 Å². The molecule has 0 aliphatic heterocycles. The van der Waals surface area contributed by atoms with E-state index in [0.717, 1.165) is 6.42 Å². The molecule has 1 radical (unpaired) electrons. The predicted molar refractivity (Wildman–Crippen MR) is 54.8 cm³/mol. The molecule has 0 rings (SSSR count). The summed E-state index contributed by atoms with van der Waals surface area (Å²) in [6.07, 6.45) is 4.71. The molecule has 0 aromatic heterocycles. The third-order valence-electron chi connectivity index (χ3n) is 1.01. The topological polar surface area (TPSA) is 20.2 Å². The van der Waals surface area contributed by atoms with Gasteiger partial charge >= 0.3 is 86.3 Å². The van der Waals surface area contributed by atoms with Crippen molar-refractivity contribution in [1.29, 1.82) is 0 Å². The molecule has 1 nitrogen and oxygen atoms in total.